The van der Waals surface area contributed by atoms with E-state index in [0.717, 1.165) is 29.1 Å². The fourth-order valence-corrected chi connectivity index (χ4v) is 2.11. The quantitative estimate of drug-likeness (QED) is 0.943. The largest absolute Gasteiger partial charge is 0.307 e. The summed E-state index contributed by atoms with van der Waals surface area (Å²) in [5, 5.41) is 3.38. The molecule has 3 nitrogen and oxygen atoms in total. The normalized spacial score (nSPS) is 10.6. The predicted molar refractivity (Wildman–Crippen MR) is 76.2 cm³/mol. The molecular formula is C14H16BrN3. The lowest BCUT2D eigenvalue weighted by molar-refractivity contribution is 0.675. The molecule has 1 N–H and O–H groups in total. The van der Waals surface area contributed by atoms with Crippen molar-refractivity contribution in [2.45, 2.75) is 26.9 Å². The van der Waals surface area contributed by atoms with Gasteiger partial charge < -0.3 is 5.32 Å². The van der Waals surface area contributed by atoms with E-state index in [-0.39, 0.29) is 0 Å². The third kappa shape index (κ3) is 3.62. The molecule has 0 saturated heterocycles. The van der Waals surface area contributed by atoms with Crippen LogP contribution in [0.2, 0.25) is 0 Å². The molecule has 0 aliphatic rings. The van der Waals surface area contributed by atoms with E-state index < -0.39 is 0 Å². The first-order chi connectivity index (χ1) is 8.65. The maximum Gasteiger partial charge on any atom is 0.125 e. The van der Waals surface area contributed by atoms with Crippen LogP contribution in [0, 0.1) is 13.8 Å². The Balaban J connectivity index is 1.90. The summed E-state index contributed by atoms with van der Waals surface area (Å²) in [5.41, 5.74) is 3.54. The number of benzene rings is 1. The van der Waals surface area contributed by atoms with Gasteiger partial charge in [0.1, 0.15) is 5.82 Å². The molecular weight excluding hydrogens is 290 g/mol. The summed E-state index contributed by atoms with van der Waals surface area (Å²) in [6, 6.07) is 8.34. The van der Waals surface area contributed by atoms with Crippen molar-refractivity contribution in [1.82, 2.24) is 15.3 Å². The minimum atomic E-state index is 0.759. The number of nitrogens with one attached hydrogen (secondary N) is 1. The standard InChI is InChI=1S/C14H16BrN3/c1-10-3-4-12(7-14(10)15)8-16-9-13-5-6-17-11(2)18-13/h3-7,16H,8-9H2,1-2H3. The van der Waals surface area contributed by atoms with Crippen molar-refractivity contribution in [2.24, 2.45) is 0 Å². The van der Waals surface area contributed by atoms with Crippen molar-refractivity contribution in [3.63, 3.8) is 0 Å². The minimum Gasteiger partial charge on any atom is -0.307 e. The van der Waals surface area contributed by atoms with Gasteiger partial charge in [0.25, 0.3) is 0 Å². The van der Waals surface area contributed by atoms with Gasteiger partial charge in [-0.15, -0.1) is 0 Å². The van der Waals surface area contributed by atoms with Crippen LogP contribution >= 0.6 is 15.9 Å². The summed E-state index contributed by atoms with van der Waals surface area (Å²) in [7, 11) is 0. The van der Waals surface area contributed by atoms with E-state index in [4.69, 9.17) is 0 Å². The van der Waals surface area contributed by atoms with Crippen molar-refractivity contribution in [3.8, 4) is 0 Å². The highest BCUT2D eigenvalue weighted by molar-refractivity contribution is 9.10. The van der Waals surface area contributed by atoms with Crippen LogP contribution in [0.25, 0.3) is 0 Å². The zero-order valence-corrected chi connectivity index (χ0v) is 12.2. The van der Waals surface area contributed by atoms with Crippen LogP contribution in [-0.2, 0) is 13.1 Å². The molecule has 0 unspecified atom stereocenters. The molecule has 0 aliphatic heterocycles. The molecule has 0 saturated carbocycles. The van der Waals surface area contributed by atoms with Crippen LogP contribution in [-0.4, -0.2) is 9.97 Å². The smallest absolute Gasteiger partial charge is 0.125 e. The van der Waals surface area contributed by atoms with Gasteiger partial charge in [0, 0.05) is 23.8 Å². The lowest BCUT2D eigenvalue weighted by atomic mass is 10.1. The third-order valence-corrected chi connectivity index (χ3v) is 3.56. The molecule has 2 aromatic rings. The van der Waals surface area contributed by atoms with Crippen molar-refractivity contribution in [3.05, 3.63) is 57.6 Å². The Morgan fingerprint density at radius 2 is 2.00 bits per heavy atom. The van der Waals surface area contributed by atoms with E-state index in [0.29, 0.717) is 0 Å². The fourth-order valence-electron chi connectivity index (χ4n) is 1.68. The molecule has 1 heterocycles. The SMILES string of the molecule is Cc1nccc(CNCc2ccc(C)c(Br)c2)n1. The van der Waals surface area contributed by atoms with Crippen molar-refractivity contribution in [1.29, 1.82) is 0 Å². The topological polar surface area (TPSA) is 37.8 Å². The van der Waals surface area contributed by atoms with Crippen LogP contribution < -0.4 is 5.32 Å². The molecule has 0 radical (unpaired) electrons. The van der Waals surface area contributed by atoms with Gasteiger partial charge >= 0.3 is 0 Å². The lowest BCUT2D eigenvalue weighted by Gasteiger charge is -2.06. The highest BCUT2D eigenvalue weighted by Crippen LogP contribution is 2.17. The number of nitrogens with zero attached hydrogens (tertiary/aromatic N) is 2. The van der Waals surface area contributed by atoms with E-state index in [9.17, 15) is 0 Å². The third-order valence-electron chi connectivity index (χ3n) is 2.71. The summed E-state index contributed by atoms with van der Waals surface area (Å²) in [4.78, 5) is 8.44. The Bertz CT molecular complexity index is 540. The van der Waals surface area contributed by atoms with Gasteiger partial charge in [0.15, 0.2) is 0 Å². The number of halogens is 1. The van der Waals surface area contributed by atoms with Crippen molar-refractivity contribution >= 4 is 15.9 Å². The van der Waals surface area contributed by atoms with Gasteiger partial charge in [-0.2, -0.15) is 0 Å². The summed E-state index contributed by atoms with van der Waals surface area (Å²) in [5.74, 6) is 0.812. The molecule has 0 fully saturated rings. The fraction of sp³-hybridized carbons (Fsp3) is 0.286. The van der Waals surface area contributed by atoms with Crippen LogP contribution in [0.4, 0.5) is 0 Å². The van der Waals surface area contributed by atoms with Gasteiger partial charge in [-0.1, -0.05) is 28.1 Å². The summed E-state index contributed by atoms with van der Waals surface area (Å²) in [6.07, 6.45) is 1.79. The van der Waals surface area contributed by atoms with Gasteiger partial charge in [-0.05, 0) is 37.1 Å². The van der Waals surface area contributed by atoms with Crippen molar-refractivity contribution < 1.29 is 0 Å². The van der Waals surface area contributed by atoms with Crippen LogP contribution in [0.15, 0.2) is 34.9 Å². The van der Waals surface area contributed by atoms with Gasteiger partial charge in [-0.3, -0.25) is 0 Å². The summed E-state index contributed by atoms with van der Waals surface area (Å²) < 4.78 is 1.15. The van der Waals surface area contributed by atoms with E-state index in [2.05, 4.69) is 56.3 Å². The molecule has 2 rings (SSSR count). The predicted octanol–water partition coefficient (Wildman–Crippen LogP) is 3.15. The number of aromatic nitrogens is 2. The van der Waals surface area contributed by atoms with Gasteiger partial charge in [0.2, 0.25) is 0 Å². The second-order valence-corrected chi connectivity index (χ2v) is 5.14. The number of aryl methyl sites for hydroxylation is 2. The maximum atomic E-state index is 4.35. The van der Waals surface area contributed by atoms with E-state index in [1.807, 2.05) is 13.0 Å². The van der Waals surface area contributed by atoms with E-state index >= 15 is 0 Å². The molecule has 0 bridgehead atoms. The van der Waals surface area contributed by atoms with Crippen LogP contribution in [0.5, 0.6) is 0 Å². The molecule has 0 amide bonds. The second kappa shape index (κ2) is 6.07. The lowest BCUT2D eigenvalue weighted by Crippen LogP contribution is -2.14. The Labute approximate surface area is 116 Å². The van der Waals surface area contributed by atoms with E-state index in [1.54, 1.807) is 6.20 Å². The molecule has 18 heavy (non-hydrogen) atoms. The highest BCUT2D eigenvalue weighted by atomic mass is 79.9. The van der Waals surface area contributed by atoms with E-state index in [1.165, 1.54) is 11.1 Å². The first-order valence-electron chi connectivity index (χ1n) is 5.89. The molecule has 4 heteroatoms. The van der Waals surface area contributed by atoms with Crippen LogP contribution in [0.1, 0.15) is 22.6 Å². The van der Waals surface area contributed by atoms with Crippen molar-refractivity contribution in [2.75, 3.05) is 0 Å². The second-order valence-electron chi connectivity index (χ2n) is 4.28. The van der Waals surface area contributed by atoms with Gasteiger partial charge in [0.05, 0.1) is 5.69 Å². The molecule has 1 aromatic heterocycles. The molecule has 0 spiro atoms. The molecule has 94 valence electrons. The average molecular weight is 306 g/mol. The number of rotatable bonds is 4. The average Bonchev–Trinajstić information content (AvgIpc) is 2.34. The van der Waals surface area contributed by atoms with Gasteiger partial charge in [-0.25, -0.2) is 9.97 Å². The zero-order valence-electron chi connectivity index (χ0n) is 10.6. The number of hydrogen-bond acceptors (Lipinski definition) is 3. The Morgan fingerprint density at radius 3 is 2.72 bits per heavy atom. The Morgan fingerprint density at radius 1 is 1.17 bits per heavy atom. The summed E-state index contributed by atoms with van der Waals surface area (Å²) in [6.45, 7) is 5.59. The Hall–Kier alpha value is -1.26. The first-order valence-corrected chi connectivity index (χ1v) is 6.69. The molecule has 0 aliphatic carbocycles. The first kappa shape index (κ1) is 13.2. The highest BCUT2D eigenvalue weighted by Gasteiger charge is 1.99. The monoisotopic (exact) mass is 305 g/mol. The molecule has 1 aromatic carbocycles. The molecule has 0 atom stereocenters. The zero-order chi connectivity index (χ0) is 13.0. The minimum absolute atomic E-state index is 0.759. The number of hydrogen-bond donors (Lipinski definition) is 1. The Kier molecular flexibility index (Phi) is 4.44. The summed E-state index contributed by atoms with van der Waals surface area (Å²) >= 11 is 3.54. The maximum absolute atomic E-state index is 4.35. The van der Waals surface area contributed by atoms with Crippen LogP contribution in [0.3, 0.4) is 0 Å².